The molecule has 0 N–H and O–H groups in total. The van der Waals surface area contributed by atoms with Crippen molar-refractivity contribution in [1.29, 1.82) is 0 Å². The van der Waals surface area contributed by atoms with Crippen LogP contribution in [-0.2, 0) is 18.4 Å². The minimum Gasteiger partial charge on any atom is -0.297 e. The number of hydrogen-bond donors (Lipinski definition) is 0. The van der Waals surface area contributed by atoms with Gasteiger partial charge in [0.05, 0.1) is 11.2 Å². The Kier molecular flexibility index (Phi) is 4.31. The van der Waals surface area contributed by atoms with Crippen molar-refractivity contribution in [2.24, 2.45) is 0 Å². The quantitative estimate of drug-likeness (QED) is 0.705. The van der Waals surface area contributed by atoms with Gasteiger partial charge in [-0.2, -0.15) is 0 Å². The van der Waals surface area contributed by atoms with E-state index in [0.29, 0.717) is 0 Å². The first-order valence-corrected chi connectivity index (χ1v) is 6.43. The van der Waals surface area contributed by atoms with E-state index < -0.39 is 24.3 Å². The highest BCUT2D eigenvalue weighted by Crippen LogP contribution is 2.54. The highest BCUT2D eigenvalue weighted by molar-refractivity contribution is 7.71. The molecule has 0 aromatic rings. The lowest BCUT2D eigenvalue weighted by atomic mass is 10.2. The molecule has 0 unspecified atom stereocenters. The van der Waals surface area contributed by atoms with E-state index in [0.717, 1.165) is 0 Å². The fraction of sp³-hybridized carbons (Fsp3) is 0.900. The minimum absolute atomic E-state index is 0.563. The molecule has 0 atom stereocenters. The molecule has 0 saturated heterocycles. The third kappa shape index (κ3) is 6.08. The van der Waals surface area contributed by atoms with E-state index in [1.165, 1.54) is 6.92 Å². The second-order valence-electron chi connectivity index (χ2n) is 5.42. The van der Waals surface area contributed by atoms with Crippen molar-refractivity contribution in [2.45, 2.75) is 59.7 Å². The summed E-state index contributed by atoms with van der Waals surface area (Å²) in [5, 5.41) is 0. The SMILES string of the molecule is CC(=O)P(=O)(OC(C)(C)C)OC(C)(C)C. The van der Waals surface area contributed by atoms with Crippen molar-refractivity contribution in [3.8, 4) is 0 Å². The van der Waals surface area contributed by atoms with Crippen LogP contribution in [0.15, 0.2) is 0 Å². The maximum Gasteiger partial charge on any atom is 0.397 e. The van der Waals surface area contributed by atoms with E-state index in [4.69, 9.17) is 9.05 Å². The molecule has 0 fully saturated rings. The zero-order valence-electron chi connectivity index (χ0n) is 10.6. The third-order valence-electron chi connectivity index (χ3n) is 1.17. The van der Waals surface area contributed by atoms with Crippen LogP contribution in [0.5, 0.6) is 0 Å². The molecule has 90 valence electrons. The van der Waals surface area contributed by atoms with Crippen LogP contribution in [0.3, 0.4) is 0 Å². The number of carbonyl (C=O) groups excluding carboxylic acids is 1. The van der Waals surface area contributed by atoms with Gasteiger partial charge >= 0.3 is 7.60 Å². The molecular formula is C10H21O4P. The second kappa shape index (κ2) is 4.36. The molecule has 0 bridgehead atoms. The van der Waals surface area contributed by atoms with Crippen LogP contribution < -0.4 is 0 Å². The fourth-order valence-corrected chi connectivity index (χ4v) is 2.60. The molecule has 0 aromatic carbocycles. The lowest BCUT2D eigenvalue weighted by Crippen LogP contribution is -2.25. The van der Waals surface area contributed by atoms with Crippen LogP contribution in [0, 0.1) is 0 Å². The van der Waals surface area contributed by atoms with E-state index in [1.807, 2.05) is 0 Å². The molecule has 0 amide bonds. The van der Waals surface area contributed by atoms with E-state index >= 15 is 0 Å². The molecule has 0 radical (unpaired) electrons. The van der Waals surface area contributed by atoms with Gasteiger partial charge in [-0.25, -0.2) is 0 Å². The van der Waals surface area contributed by atoms with Gasteiger partial charge in [-0.1, -0.05) is 0 Å². The molecule has 0 aliphatic carbocycles. The molecule has 4 nitrogen and oxygen atoms in total. The number of hydrogen-bond acceptors (Lipinski definition) is 4. The molecule has 0 aliphatic heterocycles. The highest BCUT2D eigenvalue weighted by atomic mass is 31.2. The van der Waals surface area contributed by atoms with Crippen LogP contribution in [0.25, 0.3) is 0 Å². The second-order valence-corrected chi connectivity index (χ2v) is 7.41. The van der Waals surface area contributed by atoms with E-state index in [1.54, 1.807) is 41.5 Å². The zero-order chi connectivity index (χ0) is 12.5. The van der Waals surface area contributed by atoms with Gasteiger partial charge in [0.15, 0.2) is 0 Å². The summed E-state index contributed by atoms with van der Waals surface area (Å²) >= 11 is 0. The van der Waals surface area contributed by atoms with Crippen molar-refractivity contribution < 1.29 is 18.4 Å². The van der Waals surface area contributed by atoms with Gasteiger partial charge in [0.1, 0.15) is 0 Å². The first kappa shape index (κ1) is 14.8. The summed E-state index contributed by atoms with van der Waals surface area (Å²) in [6.07, 6.45) is 0. The highest BCUT2D eigenvalue weighted by Gasteiger charge is 2.39. The van der Waals surface area contributed by atoms with Crippen molar-refractivity contribution >= 4 is 13.1 Å². The Bertz CT molecular complexity index is 263. The van der Waals surface area contributed by atoms with Crippen molar-refractivity contribution in [2.75, 3.05) is 0 Å². The summed E-state index contributed by atoms with van der Waals surface area (Å²) < 4.78 is 22.6. The maximum atomic E-state index is 12.2. The largest absolute Gasteiger partial charge is 0.397 e. The molecule has 0 spiro atoms. The number of rotatable bonds is 3. The van der Waals surface area contributed by atoms with Gasteiger partial charge < -0.3 is 0 Å². The maximum absolute atomic E-state index is 12.2. The first-order chi connectivity index (χ1) is 6.36. The summed E-state index contributed by atoms with van der Waals surface area (Å²) in [6, 6.07) is 0. The first-order valence-electron chi connectivity index (χ1n) is 4.88. The predicted molar refractivity (Wildman–Crippen MR) is 60.0 cm³/mol. The lowest BCUT2D eigenvalue weighted by Gasteiger charge is -2.30. The molecule has 0 rings (SSSR count). The van der Waals surface area contributed by atoms with Gasteiger partial charge in [-0.05, 0) is 41.5 Å². The third-order valence-corrected chi connectivity index (χ3v) is 3.52. The van der Waals surface area contributed by atoms with E-state index in [2.05, 4.69) is 0 Å². The summed E-state index contributed by atoms with van der Waals surface area (Å²) in [7, 11) is -3.67. The smallest absolute Gasteiger partial charge is 0.297 e. The normalized spacial score (nSPS) is 14.1. The molecule has 5 heteroatoms. The average molecular weight is 236 g/mol. The Morgan fingerprint density at radius 1 is 0.933 bits per heavy atom. The summed E-state index contributed by atoms with van der Waals surface area (Å²) in [6.45, 7) is 11.6. The minimum atomic E-state index is -3.67. The van der Waals surface area contributed by atoms with Gasteiger partial charge in [-0.15, -0.1) is 0 Å². The predicted octanol–water partition coefficient (Wildman–Crippen LogP) is 3.36. The standard InChI is InChI=1S/C10H21O4P/c1-8(11)15(12,13-9(2,3)4)14-10(5,6)7/h1-7H3. The summed E-state index contributed by atoms with van der Waals surface area (Å²) in [5.41, 5.74) is -1.91. The van der Waals surface area contributed by atoms with E-state index in [9.17, 15) is 9.36 Å². The molecule has 0 saturated carbocycles. The number of carbonyl (C=O) groups is 1. The van der Waals surface area contributed by atoms with Gasteiger partial charge in [-0.3, -0.25) is 18.4 Å². The molecular weight excluding hydrogens is 215 g/mol. The van der Waals surface area contributed by atoms with Crippen molar-refractivity contribution in [3.63, 3.8) is 0 Å². The molecule has 15 heavy (non-hydrogen) atoms. The van der Waals surface area contributed by atoms with Crippen LogP contribution >= 0.6 is 7.60 Å². The van der Waals surface area contributed by atoms with Crippen LogP contribution in [0.2, 0.25) is 0 Å². The zero-order valence-corrected chi connectivity index (χ0v) is 11.5. The Balaban J connectivity index is 4.94. The van der Waals surface area contributed by atoms with Crippen molar-refractivity contribution in [3.05, 3.63) is 0 Å². The summed E-state index contributed by atoms with van der Waals surface area (Å²) in [4.78, 5) is 11.3. The van der Waals surface area contributed by atoms with Crippen LogP contribution in [0.4, 0.5) is 0 Å². The van der Waals surface area contributed by atoms with Crippen LogP contribution in [0.1, 0.15) is 48.5 Å². The average Bonchev–Trinajstić information content (AvgIpc) is 1.75. The van der Waals surface area contributed by atoms with Gasteiger partial charge in [0.25, 0.3) is 0 Å². The summed E-state index contributed by atoms with van der Waals surface area (Å²) in [5.74, 6) is 0. The van der Waals surface area contributed by atoms with Crippen LogP contribution in [-0.4, -0.2) is 16.7 Å². The van der Waals surface area contributed by atoms with E-state index in [-0.39, 0.29) is 0 Å². The molecule has 0 aromatic heterocycles. The molecule has 0 heterocycles. The Labute approximate surface area is 91.9 Å². The topological polar surface area (TPSA) is 52.6 Å². The Hall–Kier alpha value is -0.180. The monoisotopic (exact) mass is 236 g/mol. The molecule has 0 aliphatic rings. The fourth-order valence-electron chi connectivity index (χ4n) is 0.868. The van der Waals surface area contributed by atoms with Crippen molar-refractivity contribution in [1.82, 2.24) is 0 Å². The Morgan fingerprint density at radius 3 is 1.33 bits per heavy atom. The Morgan fingerprint density at radius 2 is 1.20 bits per heavy atom. The van der Waals surface area contributed by atoms with Gasteiger partial charge in [0.2, 0.25) is 5.52 Å². The lowest BCUT2D eigenvalue weighted by molar-refractivity contribution is -0.113. The van der Waals surface area contributed by atoms with Gasteiger partial charge in [0, 0.05) is 6.92 Å².